The molecule has 1 atom stereocenters. The van der Waals surface area contributed by atoms with E-state index in [0.29, 0.717) is 40.0 Å². The van der Waals surface area contributed by atoms with Crippen molar-refractivity contribution in [2.24, 2.45) is 0 Å². The van der Waals surface area contributed by atoms with Crippen molar-refractivity contribution in [2.45, 2.75) is 13.0 Å². The number of hydrogen-bond acceptors (Lipinski definition) is 8. The Labute approximate surface area is 205 Å². The van der Waals surface area contributed by atoms with Crippen LogP contribution in [0.1, 0.15) is 18.5 Å². The Morgan fingerprint density at radius 2 is 1.92 bits per heavy atom. The maximum absolute atomic E-state index is 13.7. The summed E-state index contributed by atoms with van der Waals surface area (Å²) < 4.78 is 6.94. The number of nitrogens with zero attached hydrogens (tertiary/aromatic N) is 5. The molecular formula is C25H21N7O4. The second-order valence-electron chi connectivity index (χ2n) is 8.01. The number of carbonyl (C=O) groups is 1. The van der Waals surface area contributed by atoms with E-state index in [1.165, 1.54) is 19.2 Å². The van der Waals surface area contributed by atoms with Gasteiger partial charge in [-0.15, -0.1) is 5.10 Å². The zero-order valence-corrected chi connectivity index (χ0v) is 19.4. The number of pyridine rings is 1. The highest BCUT2D eigenvalue weighted by Gasteiger charge is 2.35. The smallest absolute Gasteiger partial charge is 0.269 e. The number of allylic oxidation sites excluding steroid dienone is 1. The standard InChI is InChI=1S/C25H21N7O4/c1-15-21(24(33)28-19-8-3-4-9-20(19)36-2)22(17-6-5-7-18(14-17)32(34)35)31-25(27-15)29-23(30-31)16-10-12-26-13-11-16/h3-14,22H,1-2H3,(H,28,33)(H,27,29,30). The fourth-order valence-corrected chi connectivity index (χ4v) is 4.12. The summed E-state index contributed by atoms with van der Waals surface area (Å²) in [5.41, 5.74) is 2.53. The average Bonchev–Trinajstić information content (AvgIpc) is 3.32. The number of aromatic nitrogens is 4. The van der Waals surface area contributed by atoms with Crippen LogP contribution in [0.15, 0.2) is 84.3 Å². The first-order valence-electron chi connectivity index (χ1n) is 11.0. The summed E-state index contributed by atoms with van der Waals surface area (Å²) in [6.45, 7) is 1.76. The molecule has 2 aromatic heterocycles. The van der Waals surface area contributed by atoms with Crippen LogP contribution in [0, 0.1) is 10.1 Å². The number of amides is 1. The summed E-state index contributed by atoms with van der Waals surface area (Å²) in [6, 6.07) is 16.0. The molecule has 0 bridgehead atoms. The number of nitrogens with one attached hydrogen (secondary N) is 2. The van der Waals surface area contributed by atoms with Gasteiger partial charge in [-0.3, -0.25) is 19.9 Å². The number of benzene rings is 2. The van der Waals surface area contributed by atoms with E-state index in [0.717, 1.165) is 5.56 Å². The predicted octanol–water partition coefficient (Wildman–Crippen LogP) is 4.18. The number of para-hydroxylation sites is 2. The van der Waals surface area contributed by atoms with E-state index in [4.69, 9.17) is 4.74 Å². The molecule has 2 aromatic carbocycles. The molecule has 2 N–H and O–H groups in total. The van der Waals surface area contributed by atoms with Gasteiger partial charge >= 0.3 is 0 Å². The van der Waals surface area contributed by atoms with Crippen LogP contribution in [-0.2, 0) is 4.79 Å². The van der Waals surface area contributed by atoms with Gasteiger partial charge in [0, 0.05) is 35.8 Å². The van der Waals surface area contributed by atoms with Crippen LogP contribution in [-0.4, -0.2) is 37.7 Å². The Balaban J connectivity index is 1.63. The van der Waals surface area contributed by atoms with Gasteiger partial charge in [0.05, 0.1) is 23.3 Å². The third-order valence-corrected chi connectivity index (χ3v) is 5.79. The van der Waals surface area contributed by atoms with Crippen molar-refractivity contribution in [3.05, 3.63) is 100 Å². The first kappa shape index (κ1) is 22.7. The summed E-state index contributed by atoms with van der Waals surface area (Å²) in [5, 5.41) is 22.2. The normalized spacial score (nSPS) is 14.6. The van der Waals surface area contributed by atoms with Crippen LogP contribution in [0.2, 0.25) is 0 Å². The van der Waals surface area contributed by atoms with Crippen molar-refractivity contribution in [2.75, 3.05) is 17.7 Å². The molecule has 11 heteroatoms. The number of nitro benzene ring substituents is 1. The molecule has 5 rings (SSSR count). The zero-order chi connectivity index (χ0) is 25.2. The Kier molecular flexibility index (Phi) is 5.87. The van der Waals surface area contributed by atoms with Gasteiger partial charge < -0.3 is 15.4 Å². The number of ether oxygens (including phenoxy) is 1. The van der Waals surface area contributed by atoms with Crippen molar-refractivity contribution in [3.8, 4) is 17.1 Å². The van der Waals surface area contributed by atoms with Gasteiger partial charge in [0.15, 0.2) is 5.82 Å². The minimum absolute atomic E-state index is 0.0933. The summed E-state index contributed by atoms with van der Waals surface area (Å²) in [5.74, 6) is 0.924. The van der Waals surface area contributed by atoms with Crippen LogP contribution in [0.25, 0.3) is 11.4 Å². The monoisotopic (exact) mass is 483 g/mol. The van der Waals surface area contributed by atoms with Gasteiger partial charge in [0.2, 0.25) is 5.95 Å². The van der Waals surface area contributed by atoms with E-state index in [1.54, 1.807) is 72.5 Å². The number of rotatable bonds is 6. The second-order valence-corrected chi connectivity index (χ2v) is 8.01. The Morgan fingerprint density at radius 3 is 2.67 bits per heavy atom. The first-order valence-corrected chi connectivity index (χ1v) is 11.0. The summed E-state index contributed by atoms with van der Waals surface area (Å²) >= 11 is 0. The lowest BCUT2D eigenvalue weighted by atomic mass is 9.94. The van der Waals surface area contributed by atoms with Crippen LogP contribution in [0.3, 0.4) is 0 Å². The van der Waals surface area contributed by atoms with E-state index in [9.17, 15) is 14.9 Å². The van der Waals surface area contributed by atoms with E-state index in [1.807, 2.05) is 0 Å². The Hall–Kier alpha value is -5.06. The van der Waals surface area contributed by atoms with Crippen LogP contribution < -0.4 is 15.4 Å². The molecule has 0 spiro atoms. The van der Waals surface area contributed by atoms with Crippen molar-refractivity contribution < 1.29 is 14.5 Å². The SMILES string of the molecule is COc1ccccc1NC(=O)C1=C(C)Nc2nc(-c3ccncc3)nn2C1c1cccc([N+](=O)[O-])c1. The van der Waals surface area contributed by atoms with E-state index in [-0.39, 0.29) is 5.69 Å². The zero-order valence-electron chi connectivity index (χ0n) is 19.4. The number of nitro groups is 1. The lowest BCUT2D eigenvalue weighted by Gasteiger charge is -2.28. The molecule has 0 saturated heterocycles. The van der Waals surface area contributed by atoms with Crippen molar-refractivity contribution >= 4 is 23.2 Å². The third kappa shape index (κ3) is 4.13. The Morgan fingerprint density at radius 1 is 1.14 bits per heavy atom. The van der Waals surface area contributed by atoms with Crippen molar-refractivity contribution in [3.63, 3.8) is 0 Å². The van der Waals surface area contributed by atoms with E-state index < -0.39 is 16.9 Å². The van der Waals surface area contributed by atoms with E-state index >= 15 is 0 Å². The maximum atomic E-state index is 13.7. The summed E-state index contributed by atoms with van der Waals surface area (Å²) in [6.07, 6.45) is 3.27. The molecule has 4 aromatic rings. The second kappa shape index (κ2) is 9.29. The third-order valence-electron chi connectivity index (χ3n) is 5.79. The lowest BCUT2D eigenvalue weighted by molar-refractivity contribution is -0.384. The highest BCUT2D eigenvalue weighted by molar-refractivity contribution is 6.06. The topological polar surface area (TPSA) is 137 Å². The predicted molar refractivity (Wildman–Crippen MR) is 132 cm³/mol. The molecular weight excluding hydrogens is 462 g/mol. The molecule has 1 aliphatic rings. The molecule has 36 heavy (non-hydrogen) atoms. The molecule has 3 heterocycles. The Bertz CT molecular complexity index is 1500. The molecule has 1 amide bonds. The van der Waals surface area contributed by atoms with Gasteiger partial charge in [-0.25, -0.2) is 4.68 Å². The maximum Gasteiger partial charge on any atom is 0.269 e. The van der Waals surface area contributed by atoms with E-state index in [2.05, 4.69) is 25.7 Å². The van der Waals surface area contributed by atoms with Crippen molar-refractivity contribution in [1.29, 1.82) is 0 Å². The largest absolute Gasteiger partial charge is 0.495 e. The fraction of sp³-hybridized carbons (Fsp3) is 0.120. The van der Waals surface area contributed by atoms with Crippen molar-refractivity contribution in [1.82, 2.24) is 19.7 Å². The molecule has 1 unspecified atom stereocenters. The molecule has 0 fully saturated rings. The van der Waals surface area contributed by atoms with Crippen LogP contribution >= 0.6 is 0 Å². The number of anilines is 2. The quantitative estimate of drug-likeness (QED) is 0.308. The molecule has 180 valence electrons. The van der Waals surface area contributed by atoms with Gasteiger partial charge in [-0.05, 0) is 36.8 Å². The molecule has 0 radical (unpaired) electrons. The van der Waals surface area contributed by atoms with Gasteiger partial charge in [0.1, 0.15) is 11.8 Å². The number of methoxy groups -OCH3 is 1. The lowest BCUT2D eigenvalue weighted by Crippen LogP contribution is -2.31. The minimum Gasteiger partial charge on any atom is -0.495 e. The van der Waals surface area contributed by atoms with Gasteiger partial charge in [0.25, 0.3) is 11.6 Å². The number of fused-ring (bicyclic) bond motifs is 1. The summed E-state index contributed by atoms with van der Waals surface area (Å²) in [7, 11) is 1.52. The molecule has 0 saturated carbocycles. The average molecular weight is 483 g/mol. The minimum atomic E-state index is -0.779. The number of non-ortho nitro benzene ring substituents is 1. The number of carbonyl (C=O) groups excluding carboxylic acids is 1. The van der Waals surface area contributed by atoms with Gasteiger partial charge in [-0.1, -0.05) is 24.3 Å². The fourth-order valence-electron chi connectivity index (χ4n) is 4.12. The first-order chi connectivity index (χ1) is 17.5. The highest BCUT2D eigenvalue weighted by atomic mass is 16.6. The molecule has 1 aliphatic heterocycles. The van der Waals surface area contributed by atoms with Crippen LogP contribution in [0.4, 0.5) is 17.3 Å². The van der Waals surface area contributed by atoms with Crippen LogP contribution in [0.5, 0.6) is 5.75 Å². The highest BCUT2D eigenvalue weighted by Crippen LogP contribution is 2.38. The molecule has 0 aliphatic carbocycles. The van der Waals surface area contributed by atoms with Gasteiger partial charge in [-0.2, -0.15) is 4.98 Å². The molecule has 11 nitrogen and oxygen atoms in total. The number of hydrogen-bond donors (Lipinski definition) is 2. The summed E-state index contributed by atoms with van der Waals surface area (Å²) in [4.78, 5) is 33.3.